The second-order valence-electron chi connectivity index (χ2n) is 7.84. The minimum Gasteiger partial charge on any atom is -1.00 e. The number of nitrogens with zero attached hydrogens (tertiary/aromatic N) is 1. The Morgan fingerprint density at radius 1 is 0.760 bits per heavy atom. The summed E-state index contributed by atoms with van der Waals surface area (Å²) in [6.07, 6.45) is 18.8. The van der Waals surface area contributed by atoms with E-state index in [1.54, 1.807) is 0 Å². The topological polar surface area (TPSA) is 0 Å². The van der Waals surface area contributed by atoms with Gasteiger partial charge >= 0.3 is 0 Å². The third-order valence-electron chi connectivity index (χ3n) is 4.83. The predicted octanol–water partition coefficient (Wildman–Crippen LogP) is 3.70. The predicted molar refractivity (Wildman–Crippen MR) is 109 cm³/mol. The minimum atomic E-state index is 0. The first-order valence-electron chi connectivity index (χ1n) is 10.2. The molecule has 25 heavy (non-hydrogen) atoms. The summed E-state index contributed by atoms with van der Waals surface area (Å²) in [5, 5.41) is 0. The number of likely N-dealkylation sites (N-methyl/N-ethyl adjacent to an activating group) is 1. The Balaban J connectivity index is 0.00000576. The van der Waals surface area contributed by atoms with Crippen LogP contribution in [0.1, 0.15) is 76.7 Å². The molecule has 144 valence electrons. The van der Waals surface area contributed by atoms with Crippen LogP contribution in [0.4, 0.5) is 0 Å². The van der Waals surface area contributed by atoms with Gasteiger partial charge in [0, 0.05) is 0 Å². The van der Waals surface area contributed by atoms with Crippen LogP contribution in [0.15, 0.2) is 36.4 Å². The first-order valence-corrected chi connectivity index (χ1v) is 10.2. The lowest BCUT2D eigenvalue weighted by molar-refractivity contribution is -0.884. The van der Waals surface area contributed by atoms with E-state index in [0.717, 1.165) is 11.0 Å². The molecule has 0 bridgehead atoms. The van der Waals surface area contributed by atoms with Crippen LogP contribution >= 0.6 is 0 Å². The Morgan fingerprint density at radius 3 is 1.84 bits per heavy atom. The number of hydrogen-bond donors (Lipinski definition) is 0. The van der Waals surface area contributed by atoms with Gasteiger partial charge < -0.3 is 21.5 Å². The summed E-state index contributed by atoms with van der Waals surface area (Å²) in [5.41, 5.74) is 1.30. The van der Waals surface area contributed by atoms with Gasteiger partial charge in [-0.1, -0.05) is 94.7 Å². The largest absolute Gasteiger partial charge is 1.00 e. The van der Waals surface area contributed by atoms with E-state index >= 15 is 0 Å². The van der Waals surface area contributed by atoms with Crippen molar-refractivity contribution in [3.8, 4) is 0 Å². The molecular formula is C23H40BrN. The smallest absolute Gasteiger partial charge is 0.0972 e. The second kappa shape index (κ2) is 15.6. The maximum atomic E-state index is 2.35. The SMILES string of the molecule is CCCCCCCCCCCC[N+](C)(C)CC=Cc1ccccc1.[Br-]. The van der Waals surface area contributed by atoms with Crippen molar-refractivity contribution in [2.45, 2.75) is 71.1 Å². The van der Waals surface area contributed by atoms with E-state index in [-0.39, 0.29) is 17.0 Å². The lowest BCUT2D eigenvalue weighted by Gasteiger charge is -2.28. The summed E-state index contributed by atoms with van der Waals surface area (Å²) in [6.45, 7) is 4.69. The van der Waals surface area contributed by atoms with Gasteiger partial charge in [0.15, 0.2) is 0 Å². The van der Waals surface area contributed by atoms with Crippen LogP contribution < -0.4 is 17.0 Å². The molecule has 0 aliphatic carbocycles. The Labute approximate surface area is 167 Å². The zero-order valence-electron chi connectivity index (χ0n) is 16.9. The van der Waals surface area contributed by atoms with Crippen LogP contribution in [0.5, 0.6) is 0 Å². The fourth-order valence-electron chi connectivity index (χ4n) is 3.16. The van der Waals surface area contributed by atoms with Gasteiger partial charge in [-0.05, 0) is 24.5 Å². The van der Waals surface area contributed by atoms with Crippen molar-refractivity contribution in [3.05, 3.63) is 42.0 Å². The molecule has 0 saturated carbocycles. The molecule has 1 nitrogen and oxygen atoms in total. The highest BCUT2D eigenvalue weighted by molar-refractivity contribution is 5.48. The zero-order chi connectivity index (χ0) is 17.5. The number of quaternary nitrogens is 1. The number of halogens is 1. The van der Waals surface area contributed by atoms with Crippen molar-refractivity contribution in [2.75, 3.05) is 27.2 Å². The Kier molecular flexibility index (Phi) is 15.3. The number of unbranched alkanes of at least 4 members (excludes halogenated alkanes) is 9. The Bertz CT molecular complexity index is 425. The van der Waals surface area contributed by atoms with Crippen molar-refractivity contribution in [1.82, 2.24) is 0 Å². The van der Waals surface area contributed by atoms with E-state index in [1.807, 2.05) is 0 Å². The fraction of sp³-hybridized carbons (Fsp3) is 0.652. The molecule has 0 fully saturated rings. The van der Waals surface area contributed by atoms with Gasteiger partial charge in [0.05, 0.1) is 27.2 Å². The van der Waals surface area contributed by atoms with Crippen LogP contribution in [0.3, 0.4) is 0 Å². The monoisotopic (exact) mass is 409 g/mol. The highest BCUT2D eigenvalue weighted by atomic mass is 79.9. The van der Waals surface area contributed by atoms with E-state index in [2.05, 4.69) is 63.5 Å². The van der Waals surface area contributed by atoms with Crippen molar-refractivity contribution < 1.29 is 21.5 Å². The fourth-order valence-corrected chi connectivity index (χ4v) is 3.16. The molecule has 0 aromatic heterocycles. The quantitative estimate of drug-likeness (QED) is 0.324. The zero-order valence-corrected chi connectivity index (χ0v) is 18.4. The van der Waals surface area contributed by atoms with Gasteiger partial charge in [0.2, 0.25) is 0 Å². The van der Waals surface area contributed by atoms with Gasteiger partial charge in [-0.15, -0.1) is 0 Å². The van der Waals surface area contributed by atoms with Crippen molar-refractivity contribution >= 4 is 6.08 Å². The van der Waals surface area contributed by atoms with Crippen LogP contribution in [0, 0.1) is 0 Å². The van der Waals surface area contributed by atoms with Gasteiger partial charge in [0.1, 0.15) is 0 Å². The standard InChI is InChI=1S/C23H40N.BrH/c1-4-5-6-7-8-9-10-11-12-16-21-24(2,3)22-17-20-23-18-14-13-15-19-23;/h13-15,17-20H,4-12,16,21-22H2,1-3H3;1H/q+1;/p-1. The molecule has 0 spiro atoms. The molecule has 0 atom stereocenters. The van der Waals surface area contributed by atoms with Crippen LogP contribution in [0.25, 0.3) is 6.08 Å². The molecule has 2 heteroatoms. The van der Waals surface area contributed by atoms with Crippen LogP contribution in [-0.2, 0) is 0 Å². The first kappa shape index (κ1) is 24.4. The normalized spacial score (nSPS) is 11.6. The molecule has 0 aliphatic heterocycles. The maximum absolute atomic E-state index is 2.35. The van der Waals surface area contributed by atoms with Crippen molar-refractivity contribution in [3.63, 3.8) is 0 Å². The molecule has 0 N–H and O–H groups in total. The minimum absolute atomic E-state index is 0. The second-order valence-corrected chi connectivity index (χ2v) is 7.84. The van der Waals surface area contributed by atoms with Gasteiger partial charge in [-0.3, -0.25) is 0 Å². The highest BCUT2D eigenvalue weighted by Gasteiger charge is 2.11. The number of benzene rings is 1. The third kappa shape index (κ3) is 14.3. The van der Waals surface area contributed by atoms with Crippen molar-refractivity contribution in [2.24, 2.45) is 0 Å². The summed E-state index contributed by atoms with van der Waals surface area (Å²) in [5.74, 6) is 0. The Hall–Kier alpha value is -0.600. The van der Waals surface area contributed by atoms with Gasteiger partial charge in [0.25, 0.3) is 0 Å². The number of hydrogen-bond acceptors (Lipinski definition) is 0. The van der Waals surface area contributed by atoms with E-state index in [1.165, 1.54) is 76.3 Å². The lowest BCUT2D eigenvalue weighted by atomic mass is 10.1. The average Bonchev–Trinajstić information content (AvgIpc) is 2.57. The van der Waals surface area contributed by atoms with Crippen molar-refractivity contribution in [1.29, 1.82) is 0 Å². The molecule has 0 heterocycles. The molecular weight excluding hydrogens is 370 g/mol. The van der Waals surface area contributed by atoms with Crippen LogP contribution in [-0.4, -0.2) is 31.7 Å². The van der Waals surface area contributed by atoms with Gasteiger partial charge in [-0.2, -0.15) is 0 Å². The maximum Gasteiger partial charge on any atom is 0.0972 e. The van der Waals surface area contributed by atoms with E-state index in [9.17, 15) is 0 Å². The lowest BCUT2D eigenvalue weighted by Crippen LogP contribution is -3.00. The Morgan fingerprint density at radius 2 is 1.28 bits per heavy atom. The van der Waals surface area contributed by atoms with Gasteiger partial charge in [-0.25, -0.2) is 0 Å². The molecule has 1 aromatic rings. The molecule has 0 radical (unpaired) electrons. The molecule has 1 aromatic carbocycles. The summed E-state index contributed by atoms with van der Waals surface area (Å²) in [7, 11) is 4.70. The number of rotatable bonds is 14. The first-order chi connectivity index (χ1) is 11.6. The molecule has 0 unspecified atom stereocenters. The highest BCUT2D eigenvalue weighted by Crippen LogP contribution is 2.12. The molecule has 0 saturated heterocycles. The average molecular weight is 410 g/mol. The summed E-state index contributed by atoms with van der Waals surface area (Å²) in [6, 6.07) is 10.6. The molecule has 1 rings (SSSR count). The van der Waals surface area contributed by atoms with E-state index < -0.39 is 0 Å². The third-order valence-corrected chi connectivity index (χ3v) is 4.83. The van der Waals surface area contributed by atoms with Crippen LogP contribution in [0.2, 0.25) is 0 Å². The van der Waals surface area contributed by atoms with E-state index in [0.29, 0.717) is 0 Å². The summed E-state index contributed by atoms with van der Waals surface area (Å²) >= 11 is 0. The summed E-state index contributed by atoms with van der Waals surface area (Å²) < 4.78 is 1.10. The van der Waals surface area contributed by atoms with E-state index in [4.69, 9.17) is 0 Å². The molecule has 0 amide bonds. The molecule has 0 aliphatic rings. The summed E-state index contributed by atoms with van der Waals surface area (Å²) in [4.78, 5) is 0.